The molecule has 21 heavy (non-hydrogen) atoms. The van der Waals surface area contributed by atoms with Gasteiger partial charge in [0.15, 0.2) is 0 Å². The van der Waals surface area contributed by atoms with E-state index in [1.165, 1.54) is 18.4 Å². The van der Waals surface area contributed by atoms with E-state index in [2.05, 4.69) is 16.0 Å². The number of amides is 1. The molecule has 0 N–H and O–H groups in total. The van der Waals surface area contributed by atoms with E-state index in [0.29, 0.717) is 5.91 Å². The predicted molar refractivity (Wildman–Crippen MR) is 82.6 cm³/mol. The molecule has 1 aliphatic heterocycles. The van der Waals surface area contributed by atoms with Crippen LogP contribution in [0.1, 0.15) is 31.2 Å². The van der Waals surface area contributed by atoms with Crippen LogP contribution in [-0.4, -0.2) is 47.9 Å². The molecule has 1 saturated heterocycles. The van der Waals surface area contributed by atoms with Crippen molar-refractivity contribution in [1.82, 2.24) is 14.8 Å². The molecule has 2 atom stereocenters. The van der Waals surface area contributed by atoms with Crippen molar-refractivity contribution in [3.63, 3.8) is 0 Å². The van der Waals surface area contributed by atoms with Crippen LogP contribution in [0.2, 0.25) is 0 Å². The van der Waals surface area contributed by atoms with Gasteiger partial charge in [-0.25, -0.2) is 0 Å². The summed E-state index contributed by atoms with van der Waals surface area (Å²) in [7, 11) is 3.77. The Labute approximate surface area is 127 Å². The summed E-state index contributed by atoms with van der Waals surface area (Å²) in [6.45, 7) is 3.12. The molecule has 1 aliphatic carbocycles. The van der Waals surface area contributed by atoms with E-state index in [4.69, 9.17) is 0 Å². The van der Waals surface area contributed by atoms with Crippen molar-refractivity contribution >= 4 is 5.91 Å². The molecule has 4 nitrogen and oxygen atoms in total. The Morgan fingerprint density at radius 1 is 1.48 bits per heavy atom. The van der Waals surface area contributed by atoms with Crippen molar-refractivity contribution in [3.8, 4) is 0 Å². The van der Waals surface area contributed by atoms with Crippen molar-refractivity contribution in [2.24, 2.45) is 11.3 Å². The maximum absolute atomic E-state index is 12.5. The van der Waals surface area contributed by atoms with Crippen molar-refractivity contribution in [2.45, 2.75) is 32.2 Å². The molecule has 2 aliphatic rings. The minimum atomic E-state index is 0.226. The van der Waals surface area contributed by atoms with E-state index < -0.39 is 0 Å². The molecule has 2 heterocycles. The zero-order valence-electron chi connectivity index (χ0n) is 13.1. The van der Waals surface area contributed by atoms with Crippen LogP contribution in [0.25, 0.3) is 0 Å². The van der Waals surface area contributed by atoms with Gasteiger partial charge < -0.3 is 4.90 Å². The topological polar surface area (TPSA) is 36.4 Å². The molecule has 1 spiro atoms. The van der Waals surface area contributed by atoms with Crippen molar-refractivity contribution in [3.05, 3.63) is 30.1 Å². The first kappa shape index (κ1) is 14.5. The molecule has 0 aromatic carbocycles. The minimum Gasteiger partial charge on any atom is -0.349 e. The summed E-state index contributed by atoms with van der Waals surface area (Å²) in [6.07, 6.45) is 8.40. The maximum Gasteiger partial charge on any atom is 0.225 e. The number of nitrogens with zero attached hydrogens (tertiary/aromatic N) is 3. The van der Waals surface area contributed by atoms with Gasteiger partial charge in [-0.3, -0.25) is 14.7 Å². The number of rotatable bonds is 3. The molecule has 3 rings (SSSR count). The summed E-state index contributed by atoms with van der Waals surface area (Å²) >= 11 is 0. The summed E-state index contributed by atoms with van der Waals surface area (Å²) in [5, 5.41) is 0. The van der Waals surface area contributed by atoms with Gasteiger partial charge >= 0.3 is 0 Å². The molecule has 0 bridgehead atoms. The van der Waals surface area contributed by atoms with Gasteiger partial charge in [-0.15, -0.1) is 0 Å². The largest absolute Gasteiger partial charge is 0.349 e. The second-order valence-electron chi connectivity index (χ2n) is 6.86. The summed E-state index contributed by atoms with van der Waals surface area (Å²) in [5.41, 5.74) is 1.49. The molecular weight excluding hydrogens is 262 g/mol. The van der Waals surface area contributed by atoms with Crippen LogP contribution in [0.4, 0.5) is 0 Å². The van der Waals surface area contributed by atoms with Gasteiger partial charge in [0.1, 0.15) is 0 Å². The third-order valence-electron chi connectivity index (χ3n) is 5.24. The van der Waals surface area contributed by atoms with Gasteiger partial charge in [-0.1, -0.05) is 12.5 Å². The Bertz CT molecular complexity index is 502. The molecule has 0 unspecified atom stereocenters. The summed E-state index contributed by atoms with van der Waals surface area (Å²) in [5.74, 6) is 0.558. The molecule has 0 radical (unpaired) electrons. The lowest BCUT2D eigenvalue weighted by Gasteiger charge is -2.32. The highest BCUT2D eigenvalue weighted by Gasteiger charge is 2.50. The molecule has 1 aromatic heterocycles. The SMILES string of the molecule is CN(C)C(=O)[C@@H]1CCC[C@]12CCN(Cc1cccnc1)C2. The van der Waals surface area contributed by atoms with E-state index in [-0.39, 0.29) is 11.3 Å². The third-order valence-corrected chi connectivity index (χ3v) is 5.24. The fourth-order valence-electron chi connectivity index (χ4n) is 4.19. The zero-order chi connectivity index (χ0) is 14.9. The lowest BCUT2D eigenvalue weighted by atomic mass is 9.76. The first-order chi connectivity index (χ1) is 10.1. The maximum atomic E-state index is 12.5. The van der Waals surface area contributed by atoms with Gasteiger partial charge in [0.25, 0.3) is 0 Å². The Kier molecular flexibility index (Phi) is 3.98. The normalized spacial score (nSPS) is 29.1. The standard InChI is InChI=1S/C17H25N3O/c1-19(2)16(21)15-6-3-7-17(15)8-10-20(13-17)12-14-5-4-9-18-11-14/h4-5,9,11,15H,3,6-8,10,12-13H2,1-2H3/t15-,17+/m0/s1. The quantitative estimate of drug-likeness (QED) is 0.855. The average Bonchev–Trinajstić information content (AvgIpc) is 3.07. The van der Waals surface area contributed by atoms with Crippen LogP contribution in [-0.2, 0) is 11.3 Å². The number of hydrogen-bond acceptors (Lipinski definition) is 3. The fraction of sp³-hybridized carbons (Fsp3) is 0.647. The number of carbonyl (C=O) groups is 1. The first-order valence-corrected chi connectivity index (χ1v) is 7.93. The highest BCUT2D eigenvalue weighted by molar-refractivity contribution is 5.79. The number of likely N-dealkylation sites (tertiary alicyclic amines) is 1. The van der Waals surface area contributed by atoms with Crippen LogP contribution >= 0.6 is 0 Å². The van der Waals surface area contributed by atoms with E-state index in [1.807, 2.05) is 32.6 Å². The molecular formula is C17H25N3O. The second kappa shape index (κ2) is 5.76. The van der Waals surface area contributed by atoms with E-state index in [9.17, 15) is 4.79 Å². The number of pyridine rings is 1. The number of carbonyl (C=O) groups excluding carboxylic acids is 1. The van der Waals surface area contributed by atoms with Crippen LogP contribution in [0, 0.1) is 11.3 Å². The van der Waals surface area contributed by atoms with Crippen molar-refractivity contribution in [2.75, 3.05) is 27.2 Å². The van der Waals surface area contributed by atoms with Gasteiger partial charge in [0.05, 0.1) is 0 Å². The van der Waals surface area contributed by atoms with Crippen LogP contribution in [0.15, 0.2) is 24.5 Å². The van der Waals surface area contributed by atoms with Crippen molar-refractivity contribution in [1.29, 1.82) is 0 Å². The van der Waals surface area contributed by atoms with Crippen molar-refractivity contribution < 1.29 is 4.79 Å². The third kappa shape index (κ3) is 2.82. The minimum absolute atomic E-state index is 0.226. The van der Waals surface area contributed by atoms with E-state index >= 15 is 0 Å². The second-order valence-corrected chi connectivity index (χ2v) is 6.86. The first-order valence-electron chi connectivity index (χ1n) is 7.93. The highest BCUT2D eigenvalue weighted by atomic mass is 16.2. The summed E-state index contributed by atoms with van der Waals surface area (Å²) < 4.78 is 0. The molecule has 1 aromatic rings. The van der Waals surface area contributed by atoms with Gasteiger partial charge in [0.2, 0.25) is 5.91 Å². The molecule has 1 saturated carbocycles. The average molecular weight is 287 g/mol. The van der Waals surface area contributed by atoms with Gasteiger partial charge in [-0.2, -0.15) is 0 Å². The van der Waals surface area contributed by atoms with E-state index in [1.54, 1.807) is 4.90 Å². The predicted octanol–water partition coefficient (Wildman–Crippen LogP) is 2.16. The Morgan fingerprint density at radius 3 is 3.05 bits per heavy atom. The zero-order valence-corrected chi connectivity index (χ0v) is 13.1. The molecule has 114 valence electrons. The number of aromatic nitrogens is 1. The Morgan fingerprint density at radius 2 is 2.33 bits per heavy atom. The molecule has 1 amide bonds. The molecule has 2 fully saturated rings. The van der Waals surface area contributed by atoms with Crippen LogP contribution < -0.4 is 0 Å². The van der Waals surface area contributed by atoms with Gasteiger partial charge in [-0.05, 0) is 42.9 Å². The molecule has 4 heteroatoms. The van der Waals surface area contributed by atoms with E-state index in [0.717, 1.165) is 32.5 Å². The fourth-order valence-corrected chi connectivity index (χ4v) is 4.19. The lowest BCUT2D eigenvalue weighted by Crippen LogP contribution is -2.40. The smallest absolute Gasteiger partial charge is 0.225 e. The lowest BCUT2D eigenvalue weighted by molar-refractivity contribution is -0.136. The highest BCUT2D eigenvalue weighted by Crippen LogP contribution is 2.50. The van der Waals surface area contributed by atoms with Crippen LogP contribution in [0.5, 0.6) is 0 Å². The number of hydrogen-bond donors (Lipinski definition) is 0. The monoisotopic (exact) mass is 287 g/mol. The summed E-state index contributed by atoms with van der Waals surface area (Å²) in [6, 6.07) is 4.13. The Hall–Kier alpha value is -1.42. The Balaban J connectivity index is 1.69. The summed E-state index contributed by atoms with van der Waals surface area (Å²) in [4.78, 5) is 20.9. The van der Waals surface area contributed by atoms with Gasteiger partial charge in [0, 0.05) is 45.5 Å². The van der Waals surface area contributed by atoms with Crippen LogP contribution in [0.3, 0.4) is 0 Å².